The molecule has 0 spiro atoms. The number of nitrogens with one attached hydrogen (secondary N) is 1. The van der Waals surface area contributed by atoms with E-state index in [4.69, 9.17) is 4.74 Å². The topological polar surface area (TPSA) is 81.8 Å². The molecular formula is C23H34N3O4S+. The number of benzene rings is 1. The van der Waals surface area contributed by atoms with Crippen molar-refractivity contribution in [2.75, 3.05) is 32.8 Å². The second-order valence-corrected chi connectivity index (χ2v) is 9.22. The number of carbonyl (C=O) groups excluding carboxylic acids is 2. The van der Waals surface area contributed by atoms with Crippen molar-refractivity contribution in [3.05, 3.63) is 29.3 Å². The van der Waals surface area contributed by atoms with Gasteiger partial charge in [-0.15, -0.1) is 0 Å². The maximum atomic E-state index is 11.8. The zero-order valence-corrected chi connectivity index (χ0v) is 19.2. The molecule has 7 nitrogen and oxygen atoms in total. The molecule has 1 aromatic rings. The summed E-state index contributed by atoms with van der Waals surface area (Å²) in [5.74, 6) is 1.37. The van der Waals surface area contributed by atoms with Crippen LogP contribution in [0.4, 0.5) is 0 Å². The zero-order chi connectivity index (χ0) is 22.1. The normalized spacial score (nSPS) is 21.3. The van der Waals surface area contributed by atoms with Crippen molar-refractivity contribution in [2.45, 2.75) is 57.9 Å². The Hall–Kier alpha value is -1.90. The summed E-state index contributed by atoms with van der Waals surface area (Å²) in [5.41, 5.74) is 2.45. The number of ether oxygens (including phenoxy) is 1. The maximum absolute atomic E-state index is 11.8. The molecule has 1 heterocycles. The molecule has 0 aromatic heterocycles. The molecule has 0 saturated carbocycles. The fraction of sp³-hybridized carbons (Fsp3) is 0.652. The van der Waals surface area contributed by atoms with E-state index in [9.17, 15) is 13.6 Å². The van der Waals surface area contributed by atoms with E-state index >= 15 is 0 Å². The summed E-state index contributed by atoms with van der Waals surface area (Å²) in [4.78, 5) is 24.7. The second kappa shape index (κ2) is 12.2. The van der Waals surface area contributed by atoms with Gasteiger partial charge in [-0.25, -0.2) is 0 Å². The van der Waals surface area contributed by atoms with Crippen molar-refractivity contribution in [1.29, 1.82) is 0 Å². The van der Waals surface area contributed by atoms with Crippen LogP contribution in [0.2, 0.25) is 0 Å². The van der Waals surface area contributed by atoms with E-state index in [-0.39, 0.29) is 11.9 Å². The van der Waals surface area contributed by atoms with E-state index < -0.39 is 0 Å². The van der Waals surface area contributed by atoms with Crippen LogP contribution < -0.4 is 10.1 Å². The molecule has 1 saturated heterocycles. The summed E-state index contributed by atoms with van der Waals surface area (Å²) in [6.45, 7) is 5.55. The first-order chi connectivity index (χ1) is 15.1. The third kappa shape index (κ3) is 7.05. The van der Waals surface area contributed by atoms with Gasteiger partial charge in [0.05, 0.1) is 0 Å². The predicted molar refractivity (Wildman–Crippen MR) is 121 cm³/mol. The molecule has 1 aliphatic heterocycles. The van der Waals surface area contributed by atoms with Crippen LogP contribution in [0.3, 0.4) is 0 Å². The Kier molecular flexibility index (Phi) is 9.36. The summed E-state index contributed by atoms with van der Waals surface area (Å²) in [6.07, 6.45) is 6.89. The third-order valence-corrected chi connectivity index (χ3v) is 6.76. The van der Waals surface area contributed by atoms with Gasteiger partial charge in [-0.3, -0.25) is 4.79 Å². The molecule has 2 amide bonds. The molecule has 2 atom stereocenters. The number of nitrogens with zero attached hydrogens (tertiary/aromatic N) is 2. The molecule has 2 aliphatic rings. The van der Waals surface area contributed by atoms with Gasteiger partial charge >= 0.3 is 159 Å². The van der Waals surface area contributed by atoms with Crippen LogP contribution >= 0.6 is 11.7 Å². The van der Waals surface area contributed by atoms with Gasteiger partial charge < -0.3 is 0 Å². The molecular weight excluding hydrogens is 414 g/mol. The van der Waals surface area contributed by atoms with Crippen LogP contribution in [0.25, 0.3) is 0 Å². The fourth-order valence-corrected chi connectivity index (χ4v) is 5.13. The summed E-state index contributed by atoms with van der Waals surface area (Å²) < 4.78 is 19.4. The Morgan fingerprint density at radius 1 is 1.32 bits per heavy atom. The molecule has 170 valence electrons. The van der Waals surface area contributed by atoms with E-state index in [1.165, 1.54) is 11.1 Å². The van der Waals surface area contributed by atoms with Gasteiger partial charge in [0.1, 0.15) is 0 Å². The molecule has 1 aliphatic carbocycles. The number of fused-ring (bicyclic) bond motifs is 1. The van der Waals surface area contributed by atoms with Crippen molar-refractivity contribution in [3.63, 3.8) is 0 Å². The van der Waals surface area contributed by atoms with E-state index in [1.807, 2.05) is 15.3 Å². The number of carbonyl (C=O) groups is 2. The minimum absolute atomic E-state index is 0.103. The van der Waals surface area contributed by atoms with Crippen molar-refractivity contribution in [3.8, 4) is 5.75 Å². The van der Waals surface area contributed by atoms with Crippen molar-refractivity contribution in [1.82, 2.24) is 14.5 Å². The first kappa shape index (κ1) is 23.8. The number of hydrogen-bond donors (Lipinski definition) is 1. The molecule has 3 rings (SSSR count). The van der Waals surface area contributed by atoms with Crippen LogP contribution in [0, 0.1) is 5.92 Å². The Labute approximate surface area is 188 Å². The monoisotopic (exact) mass is 448 g/mol. The van der Waals surface area contributed by atoms with Gasteiger partial charge in [0, 0.05) is 13.0 Å². The van der Waals surface area contributed by atoms with Gasteiger partial charge in [-0.05, 0) is 6.42 Å². The Balaban J connectivity index is 1.69. The molecule has 0 bridgehead atoms. The van der Waals surface area contributed by atoms with Gasteiger partial charge in [0.15, 0.2) is 0 Å². The first-order valence-electron chi connectivity index (χ1n) is 11.4. The Morgan fingerprint density at radius 3 is 2.90 bits per heavy atom. The van der Waals surface area contributed by atoms with Crippen LogP contribution in [0.1, 0.15) is 50.2 Å². The van der Waals surface area contributed by atoms with E-state index in [0.717, 1.165) is 70.3 Å². The van der Waals surface area contributed by atoms with Gasteiger partial charge in [0.2, 0.25) is 5.91 Å². The van der Waals surface area contributed by atoms with Crippen molar-refractivity contribution < 1.29 is 18.4 Å². The van der Waals surface area contributed by atoms with Crippen LogP contribution in [0.15, 0.2) is 18.2 Å². The average molecular weight is 449 g/mol. The van der Waals surface area contributed by atoms with Crippen molar-refractivity contribution >= 4 is 24.0 Å². The average Bonchev–Trinajstić information content (AvgIpc) is 3.16. The van der Waals surface area contributed by atoms with E-state index in [1.54, 1.807) is 0 Å². The van der Waals surface area contributed by atoms with Crippen LogP contribution in [-0.2, 0) is 26.5 Å². The SMILES string of the molecule is CCCN(C[C@@H]1CC[C@H](NC=O)Cc2ccc(OCCN3CCCC3=O)cc2C1)S#[O+]. The molecule has 8 heteroatoms. The Morgan fingerprint density at radius 2 is 2.19 bits per heavy atom. The summed E-state index contributed by atoms with van der Waals surface area (Å²) in [6, 6.07) is 6.29. The summed E-state index contributed by atoms with van der Waals surface area (Å²) >= 11 is 0.574. The third-order valence-electron chi connectivity index (χ3n) is 6.22. The van der Waals surface area contributed by atoms with Crippen molar-refractivity contribution in [2.24, 2.45) is 5.92 Å². The predicted octanol–water partition coefficient (Wildman–Crippen LogP) is 3.00. The molecule has 1 fully saturated rings. The molecule has 0 unspecified atom stereocenters. The quantitative estimate of drug-likeness (QED) is 0.339. The van der Waals surface area contributed by atoms with Gasteiger partial charge in [0.25, 0.3) is 0 Å². The van der Waals surface area contributed by atoms with Gasteiger partial charge in [-0.1, -0.05) is 0 Å². The summed E-state index contributed by atoms with van der Waals surface area (Å²) in [5, 5.41) is 2.96. The molecule has 0 radical (unpaired) electrons. The molecule has 31 heavy (non-hydrogen) atoms. The van der Waals surface area contributed by atoms with Gasteiger partial charge in [-0.2, -0.15) is 0 Å². The standard InChI is InChI=1S/C23H33N3O4S/c1-2-9-26(31-29)16-18-5-7-21(24-17-27)14-19-6-8-22(15-20(19)13-18)30-12-11-25-10-3-4-23(25)28/h6,8,15,17-18,21H,2-5,7,9-14,16H2,1H3/p+1/t18-,21+/m1/s1. The van der Waals surface area contributed by atoms with Crippen LogP contribution in [-0.4, -0.2) is 60.4 Å². The minimum atomic E-state index is 0.103. The second-order valence-electron chi connectivity index (χ2n) is 8.56. The van der Waals surface area contributed by atoms with Crippen LogP contribution in [0.5, 0.6) is 5.75 Å². The zero-order valence-electron chi connectivity index (χ0n) is 18.4. The molecule has 1 aromatic carbocycles. The first-order valence-corrected chi connectivity index (χ1v) is 12.1. The number of hydrogen-bond acceptors (Lipinski definition) is 4. The summed E-state index contributed by atoms with van der Waals surface area (Å²) in [7, 11) is 0. The fourth-order valence-electron chi connectivity index (χ4n) is 4.60. The number of amides is 2. The number of rotatable bonds is 10. The molecule has 1 N–H and O–H groups in total. The van der Waals surface area contributed by atoms with E-state index in [2.05, 4.69) is 24.4 Å². The number of likely N-dealkylation sites (tertiary alicyclic amines) is 1. The van der Waals surface area contributed by atoms with E-state index in [0.29, 0.717) is 37.2 Å². The Bertz CT molecular complexity index is 798.